The van der Waals surface area contributed by atoms with E-state index in [1.165, 1.54) is 12.8 Å². The van der Waals surface area contributed by atoms with Crippen molar-refractivity contribution in [2.24, 2.45) is 10.9 Å². The Labute approximate surface area is 146 Å². The van der Waals surface area contributed by atoms with Crippen molar-refractivity contribution in [2.75, 3.05) is 33.7 Å². The molecule has 0 spiro atoms. The Kier molecular flexibility index (Phi) is 7.53. The van der Waals surface area contributed by atoms with Crippen molar-refractivity contribution in [3.05, 3.63) is 35.9 Å². The number of aliphatic hydroxyl groups excluding tert-OH is 1. The Morgan fingerprint density at radius 3 is 2.54 bits per heavy atom. The quantitative estimate of drug-likeness (QED) is 0.478. The molecule has 0 saturated heterocycles. The number of benzene rings is 1. The summed E-state index contributed by atoms with van der Waals surface area (Å²) in [5.74, 6) is 1.64. The number of likely N-dealkylation sites (N-methyl/N-ethyl adjacent to an activating group) is 1. The lowest BCUT2D eigenvalue weighted by Crippen LogP contribution is -2.40. The summed E-state index contributed by atoms with van der Waals surface area (Å²) >= 11 is 0. The monoisotopic (exact) mass is 332 g/mol. The maximum Gasteiger partial charge on any atom is 0.191 e. The number of aliphatic hydroxyl groups is 1. The van der Waals surface area contributed by atoms with Gasteiger partial charge in [-0.05, 0) is 51.8 Å². The molecule has 2 rings (SSSR count). The Hall–Kier alpha value is -1.59. The van der Waals surface area contributed by atoms with Crippen molar-refractivity contribution in [2.45, 2.75) is 38.3 Å². The number of nitrogens with one attached hydrogen (secondary N) is 2. The summed E-state index contributed by atoms with van der Waals surface area (Å²) in [5.41, 5.74) is 0.961. The summed E-state index contributed by atoms with van der Waals surface area (Å²) in [4.78, 5) is 7.02. The molecule has 1 aromatic carbocycles. The average Bonchev–Trinajstić information content (AvgIpc) is 3.40. The molecule has 0 heterocycles. The SMILES string of the molecule is CCNC(=NCC(C1CC1)N(C)C)NCCC(O)c1ccccc1. The minimum atomic E-state index is -0.442. The Morgan fingerprint density at radius 1 is 1.25 bits per heavy atom. The van der Waals surface area contributed by atoms with Crippen molar-refractivity contribution in [1.29, 1.82) is 0 Å². The van der Waals surface area contributed by atoms with Crippen LogP contribution in [-0.4, -0.2) is 55.7 Å². The van der Waals surface area contributed by atoms with Gasteiger partial charge in [0.1, 0.15) is 0 Å². The van der Waals surface area contributed by atoms with E-state index in [1.54, 1.807) is 0 Å². The number of guanidine groups is 1. The molecule has 5 heteroatoms. The zero-order valence-corrected chi connectivity index (χ0v) is 15.2. The Bertz CT molecular complexity index is 497. The van der Waals surface area contributed by atoms with Gasteiger partial charge in [0.15, 0.2) is 5.96 Å². The average molecular weight is 332 g/mol. The molecule has 0 amide bonds. The number of rotatable bonds is 9. The molecule has 1 aliphatic carbocycles. The summed E-state index contributed by atoms with van der Waals surface area (Å²) < 4.78 is 0. The first-order valence-corrected chi connectivity index (χ1v) is 9.03. The molecule has 1 aliphatic rings. The first-order valence-electron chi connectivity index (χ1n) is 9.03. The summed E-state index contributed by atoms with van der Waals surface area (Å²) in [7, 11) is 4.27. The van der Waals surface area contributed by atoms with Gasteiger partial charge in [0.2, 0.25) is 0 Å². The van der Waals surface area contributed by atoms with Crippen LogP contribution >= 0.6 is 0 Å². The summed E-state index contributed by atoms with van der Waals surface area (Å²) in [6, 6.07) is 10.3. The van der Waals surface area contributed by atoms with Gasteiger partial charge in [-0.2, -0.15) is 0 Å². The standard InChI is InChI=1S/C19H32N4O/c1-4-20-19(22-14-17(23(2)3)15-10-11-15)21-13-12-18(24)16-8-6-5-7-9-16/h5-9,15,17-18,24H,4,10-14H2,1-3H3,(H2,20,21,22). The fraction of sp³-hybridized carbons (Fsp3) is 0.632. The van der Waals surface area contributed by atoms with E-state index in [1.807, 2.05) is 30.3 Å². The molecule has 0 aliphatic heterocycles. The lowest BCUT2D eigenvalue weighted by Gasteiger charge is -2.23. The maximum atomic E-state index is 10.2. The van der Waals surface area contributed by atoms with Crippen LogP contribution < -0.4 is 10.6 Å². The van der Waals surface area contributed by atoms with Crippen molar-refractivity contribution in [3.8, 4) is 0 Å². The zero-order chi connectivity index (χ0) is 17.4. The van der Waals surface area contributed by atoms with Gasteiger partial charge >= 0.3 is 0 Å². The van der Waals surface area contributed by atoms with Crippen LogP contribution in [0.15, 0.2) is 35.3 Å². The predicted molar refractivity (Wildman–Crippen MR) is 100 cm³/mol. The molecule has 1 aromatic rings. The van der Waals surface area contributed by atoms with E-state index in [9.17, 15) is 5.11 Å². The minimum Gasteiger partial charge on any atom is -0.388 e. The van der Waals surface area contributed by atoms with Gasteiger partial charge in [-0.15, -0.1) is 0 Å². The second-order valence-corrected chi connectivity index (χ2v) is 6.73. The first-order chi connectivity index (χ1) is 11.6. The molecule has 24 heavy (non-hydrogen) atoms. The molecule has 0 radical (unpaired) electrons. The third-order valence-corrected chi connectivity index (χ3v) is 4.50. The van der Waals surface area contributed by atoms with E-state index in [2.05, 4.69) is 36.6 Å². The molecule has 5 nitrogen and oxygen atoms in total. The van der Waals surface area contributed by atoms with Crippen LogP contribution in [0.4, 0.5) is 0 Å². The maximum absolute atomic E-state index is 10.2. The van der Waals surface area contributed by atoms with Crippen molar-refractivity contribution in [1.82, 2.24) is 15.5 Å². The van der Waals surface area contributed by atoms with E-state index < -0.39 is 6.10 Å². The molecule has 2 unspecified atom stereocenters. The number of nitrogens with zero attached hydrogens (tertiary/aromatic N) is 2. The smallest absolute Gasteiger partial charge is 0.191 e. The zero-order valence-electron chi connectivity index (χ0n) is 15.2. The van der Waals surface area contributed by atoms with Crippen LogP contribution in [0.25, 0.3) is 0 Å². The molecule has 0 aromatic heterocycles. The van der Waals surface area contributed by atoms with Gasteiger partial charge in [0.25, 0.3) is 0 Å². The van der Waals surface area contributed by atoms with Gasteiger partial charge in [-0.1, -0.05) is 30.3 Å². The lowest BCUT2D eigenvalue weighted by molar-refractivity contribution is 0.168. The van der Waals surface area contributed by atoms with Gasteiger partial charge in [-0.3, -0.25) is 4.99 Å². The largest absolute Gasteiger partial charge is 0.388 e. The number of hydrogen-bond donors (Lipinski definition) is 3. The first kappa shape index (κ1) is 18.7. The van der Waals surface area contributed by atoms with Crippen molar-refractivity contribution >= 4 is 5.96 Å². The highest BCUT2D eigenvalue weighted by atomic mass is 16.3. The van der Waals surface area contributed by atoms with Gasteiger partial charge in [-0.25, -0.2) is 0 Å². The molecular formula is C19H32N4O. The van der Waals surface area contributed by atoms with Crippen molar-refractivity contribution in [3.63, 3.8) is 0 Å². The highest BCUT2D eigenvalue weighted by Crippen LogP contribution is 2.34. The fourth-order valence-electron chi connectivity index (χ4n) is 2.91. The normalized spacial score (nSPS) is 17.6. The summed E-state index contributed by atoms with van der Waals surface area (Å²) in [6.07, 6.45) is 2.87. The summed E-state index contributed by atoms with van der Waals surface area (Å²) in [5, 5.41) is 16.9. The highest BCUT2D eigenvalue weighted by Gasteiger charge is 2.32. The lowest BCUT2D eigenvalue weighted by atomic mass is 10.1. The van der Waals surface area contributed by atoms with E-state index in [-0.39, 0.29) is 0 Å². The van der Waals surface area contributed by atoms with Gasteiger partial charge in [0, 0.05) is 19.1 Å². The van der Waals surface area contributed by atoms with Crippen LogP contribution in [0.3, 0.4) is 0 Å². The molecule has 2 atom stereocenters. The second kappa shape index (κ2) is 9.64. The topological polar surface area (TPSA) is 59.9 Å². The van der Waals surface area contributed by atoms with E-state index in [4.69, 9.17) is 4.99 Å². The third-order valence-electron chi connectivity index (χ3n) is 4.50. The van der Waals surface area contributed by atoms with Crippen LogP contribution in [0.2, 0.25) is 0 Å². The molecule has 1 fully saturated rings. The second-order valence-electron chi connectivity index (χ2n) is 6.73. The number of aliphatic imine (C=N–C) groups is 1. The van der Waals surface area contributed by atoms with Crippen LogP contribution in [0, 0.1) is 5.92 Å². The van der Waals surface area contributed by atoms with Gasteiger partial charge < -0.3 is 20.6 Å². The van der Waals surface area contributed by atoms with Crippen molar-refractivity contribution < 1.29 is 5.11 Å². The highest BCUT2D eigenvalue weighted by molar-refractivity contribution is 5.79. The van der Waals surface area contributed by atoms with E-state index in [0.29, 0.717) is 19.0 Å². The van der Waals surface area contributed by atoms with E-state index >= 15 is 0 Å². The summed E-state index contributed by atoms with van der Waals surface area (Å²) in [6.45, 7) is 4.41. The van der Waals surface area contributed by atoms with Crippen LogP contribution in [-0.2, 0) is 0 Å². The van der Waals surface area contributed by atoms with Gasteiger partial charge in [0.05, 0.1) is 12.6 Å². The molecule has 134 valence electrons. The Balaban J connectivity index is 1.80. The van der Waals surface area contributed by atoms with E-state index in [0.717, 1.165) is 30.5 Å². The molecule has 3 N–H and O–H groups in total. The Morgan fingerprint density at radius 2 is 1.96 bits per heavy atom. The fourth-order valence-corrected chi connectivity index (χ4v) is 2.91. The third kappa shape index (κ3) is 6.13. The molecule has 0 bridgehead atoms. The molecular weight excluding hydrogens is 300 g/mol. The van der Waals surface area contributed by atoms with Crippen LogP contribution in [0.5, 0.6) is 0 Å². The predicted octanol–water partition coefficient (Wildman–Crippen LogP) is 2.01. The minimum absolute atomic E-state index is 0.442. The molecule has 1 saturated carbocycles. The van der Waals surface area contributed by atoms with Crippen LogP contribution in [0.1, 0.15) is 37.9 Å². The number of hydrogen-bond acceptors (Lipinski definition) is 3.